The summed E-state index contributed by atoms with van der Waals surface area (Å²) >= 11 is 1.39. The van der Waals surface area contributed by atoms with E-state index in [-0.39, 0.29) is 5.91 Å². The van der Waals surface area contributed by atoms with Crippen molar-refractivity contribution in [1.82, 2.24) is 14.9 Å². The highest BCUT2D eigenvalue weighted by Gasteiger charge is 2.23. The number of nitrogens with one attached hydrogen (secondary N) is 2. The molecule has 4 rings (SSSR count). The second-order valence-electron chi connectivity index (χ2n) is 7.72. The number of carbonyl (C=O) groups is 2. The smallest absolute Gasteiger partial charge is 0.303 e. The Morgan fingerprint density at radius 3 is 2.87 bits per heavy atom. The molecule has 2 N–H and O–H groups in total. The number of hydrogen-bond donors (Lipinski definition) is 2. The van der Waals surface area contributed by atoms with Crippen LogP contribution in [-0.4, -0.2) is 45.9 Å². The molecule has 1 amide bonds. The number of thiazole rings is 1. The first-order chi connectivity index (χ1) is 14.5. The SMILES string of the molecule is CC(=O)O[C@H](C)C(=O)Nc1nc(CN2CCC(c3c[nH]c4ccccc34)CC2)cs1. The molecule has 2 aromatic heterocycles. The minimum absolute atomic E-state index is 0.370. The molecule has 1 fully saturated rings. The Morgan fingerprint density at radius 1 is 1.33 bits per heavy atom. The van der Waals surface area contributed by atoms with E-state index in [9.17, 15) is 9.59 Å². The van der Waals surface area contributed by atoms with Gasteiger partial charge in [0, 0.05) is 35.9 Å². The van der Waals surface area contributed by atoms with Crippen LogP contribution >= 0.6 is 11.3 Å². The van der Waals surface area contributed by atoms with Crippen LogP contribution in [0.5, 0.6) is 0 Å². The lowest BCUT2D eigenvalue weighted by atomic mass is 9.89. The van der Waals surface area contributed by atoms with E-state index in [1.165, 1.54) is 34.7 Å². The van der Waals surface area contributed by atoms with E-state index < -0.39 is 12.1 Å². The molecule has 1 saturated heterocycles. The van der Waals surface area contributed by atoms with Crippen molar-refractivity contribution in [2.45, 2.75) is 45.3 Å². The van der Waals surface area contributed by atoms with E-state index >= 15 is 0 Å². The molecular weight excluding hydrogens is 400 g/mol. The minimum Gasteiger partial charge on any atom is -0.453 e. The van der Waals surface area contributed by atoms with Gasteiger partial charge in [-0.15, -0.1) is 11.3 Å². The van der Waals surface area contributed by atoms with Crippen LogP contribution < -0.4 is 5.32 Å². The van der Waals surface area contributed by atoms with Crippen LogP contribution in [0.4, 0.5) is 5.13 Å². The number of aromatic nitrogens is 2. The summed E-state index contributed by atoms with van der Waals surface area (Å²) in [4.78, 5) is 33.3. The van der Waals surface area contributed by atoms with Crippen molar-refractivity contribution in [2.75, 3.05) is 18.4 Å². The van der Waals surface area contributed by atoms with Gasteiger partial charge in [0.1, 0.15) is 0 Å². The molecular formula is C22H26N4O3S. The number of piperidine rings is 1. The second-order valence-corrected chi connectivity index (χ2v) is 8.58. The van der Waals surface area contributed by atoms with E-state index in [0.29, 0.717) is 11.0 Å². The largest absolute Gasteiger partial charge is 0.453 e. The van der Waals surface area contributed by atoms with E-state index in [2.05, 4.69) is 50.6 Å². The second kappa shape index (κ2) is 8.97. The number of hydrogen-bond acceptors (Lipinski definition) is 6. The number of anilines is 1. The normalized spacial score (nSPS) is 16.5. The predicted molar refractivity (Wildman–Crippen MR) is 118 cm³/mol. The Hall–Kier alpha value is -2.71. The number of esters is 1. The van der Waals surface area contributed by atoms with E-state index in [1.54, 1.807) is 6.92 Å². The topological polar surface area (TPSA) is 87.3 Å². The molecule has 1 aromatic carbocycles. The molecule has 7 nitrogen and oxygen atoms in total. The fourth-order valence-corrected chi connectivity index (χ4v) is 4.71. The van der Waals surface area contributed by atoms with Gasteiger partial charge in [-0.1, -0.05) is 18.2 Å². The fourth-order valence-electron chi connectivity index (χ4n) is 4.01. The molecule has 0 aliphatic carbocycles. The van der Waals surface area contributed by atoms with Gasteiger partial charge in [-0.2, -0.15) is 0 Å². The molecule has 0 spiro atoms. The number of aromatic amines is 1. The number of amides is 1. The van der Waals surface area contributed by atoms with Gasteiger partial charge in [-0.25, -0.2) is 4.98 Å². The number of H-pyrrole nitrogens is 1. The lowest BCUT2D eigenvalue weighted by Crippen LogP contribution is -2.32. The third-order valence-electron chi connectivity index (χ3n) is 5.53. The lowest BCUT2D eigenvalue weighted by Gasteiger charge is -2.31. The van der Waals surface area contributed by atoms with Crippen LogP contribution in [0.15, 0.2) is 35.8 Å². The number of carbonyl (C=O) groups excluding carboxylic acids is 2. The maximum Gasteiger partial charge on any atom is 0.303 e. The molecule has 0 saturated carbocycles. The van der Waals surface area contributed by atoms with Crippen LogP contribution in [-0.2, 0) is 20.9 Å². The highest BCUT2D eigenvalue weighted by atomic mass is 32.1. The maximum atomic E-state index is 12.1. The number of benzene rings is 1. The van der Waals surface area contributed by atoms with Gasteiger partial charge in [-0.3, -0.25) is 19.8 Å². The summed E-state index contributed by atoms with van der Waals surface area (Å²) < 4.78 is 4.90. The molecule has 0 unspecified atom stereocenters. The van der Waals surface area contributed by atoms with Gasteiger partial charge in [-0.05, 0) is 50.4 Å². The summed E-state index contributed by atoms with van der Waals surface area (Å²) in [5.41, 5.74) is 3.57. The van der Waals surface area contributed by atoms with Crippen LogP contribution in [0, 0.1) is 0 Å². The van der Waals surface area contributed by atoms with Crippen molar-refractivity contribution < 1.29 is 14.3 Å². The first kappa shape index (κ1) is 20.6. The maximum absolute atomic E-state index is 12.1. The van der Waals surface area contributed by atoms with Gasteiger partial charge < -0.3 is 9.72 Å². The van der Waals surface area contributed by atoms with Crippen molar-refractivity contribution in [3.05, 3.63) is 47.1 Å². The summed E-state index contributed by atoms with van der Waals surface area (Å²) in [6.07, 6.45) is 3.57. The van der Waals surface area contributed by atoms with Crippen LogP contribution in [0.25, 0.3) is 10.9 Å². The Labute approximate surface area is 179 Å². The first-order valence-electron chi connectivity index (χ1n) is 10.2. The highest BCUT2D eigenvalue weighted by Crippen LogP contribution is 2.33. The molecule has 30 heavy (non-hydrogen) atoms. The molecule has 3 aromatic rings. The van der Waals surface area contributed by atoms with Gasteiger partial charge >= 0.3 is 5.97 Å². The van der Waals surface area contributed by atoms with Crippen molar-refractivity contribution >= 4 is 39.2 Å². The Bertz CT molecular complexity index is 1040. The van der Waals surface area contributed by atoms with Crippen molar-refractivity contribution in [2.24, 2.45) is 0 Å². The van der Waals surface area contributed by atoms with Gasteiger partial charge in [0.2, 0.25) is 0 Å². The summed E-state index contributed by atoms with van der Waals surface area (Å²) in [5.74, 6) is -0.274. The van der Waals surface area contributed by atoms with E-state index in [1.807, 2.05) is 5.38 Å². The summed E-state index contributed by atoms with van der Waals surface area (Å²) in [5, 5.41) is 6.55. The average Bonchev–Trinajstić information content (AvgIpc) is 3.35. The summed E-state index contributed by atoms with van der Waals surface area (Å²) in [7, 11) is 0. The molecule has 3 heterocycles. The van der Waals surface area contributed by atoms with Crippen LogP contribution in [0.1, 0.15) is 43.9 Å². The van der Waals surface area contributed by atoms with Gasteiger partial charge in [0.15, 0.2) is 11.2 Å². The third kappa shape index (κ3) is 4.71. The number of likely N-dealkylation sites (tertiary alicyclic amines) is 1. The molecule has 8 heteroatoms. The first-order valence-corrected chi connectivity index (χ1v) is 11.1. The van der Waals surface area contributed by atoms with Crippen LogP contribution in [0.2, 0.25) is 0 Å². The predicted octanol–water partition coefficient (Wildman–Crippen LogP) is 3.89. The number of rotatable bonds is 6. The number of fused-ring (bicyclic) bond motifs is 1. The van der Waals surface area contributed by atoms with E-state index in [4.69, 9.17) is 4.74 Å². The molecule has 1 atom stereocenters. The molecule has 0 bridgehead atoms. The fraction of sp³-hybridized carbons (Fsp3) is 0.409. The standard InChI is InChI=1S/C22H26N4O3S/c1-14(29-15(2)27)21(28)25-22-24-17(13-30-22)12-26-9-7-16(8-10-26)19-11-23-20-6-4-3-5-18(19)20/h3-6,11,13-14,16,23H,7-10,12H2,1-2H3,(H,24,25,28)/t14-/m1/s1. The molecule has 0 radical (unpaired) electrons. The zero-order chi connectivity index (χ0) is 21.1. The number of ether oxygens (including phenoxy) is 1. The summed E-state index contributed by atoms with van der Waals surface area (Å²) in [6, 6.07) is 8.48. The van der Waals surface area contributed by atoms with Crippen molar-refractivity contribution in [3.8, 4) is 0 Å². The molecule has 1 aliphatic heterocycles. The zero-order valence-corrected chi connectivity index (χ0v) is 18.0. The molecule has 158 valence electrons. The van der Waals surface area contributed by atoms with Gasteiger partial charge in [0.05, 0.1) is 5.69 Å². The van der Waals surface area contributed by atoms with Gasteiger partial charge in [0.25, 0.3) is 5.91 Å². The average molecular weight is 427 g/mol. The van der Waals surface area contributed by atoms with E-state index in [0.717, 1.165) is 38.2 Å². The Balaban J connectivity index is 1.29. The highest BCUT2D eigenvalue weighted by molar-refractivity contribution is 7.13. The Kier molecular flexibility index (Phi) is 6.15. The quantitative estimate of drug-likeness (QED) is 0.584. The number of nitrogens with zero attached hydrogens (tertiary/aromatic N) is 2. The van der Waals surface area contributed by atoms with Crippen molar-refractivity contribution in [1.29, 1.82) is 0 Å². The van der Waals surface area contributed by atoms with Crippen molar-refractivity contribution in [3.63, 3.8) is 0 Å². The molecule has 1 aliphatic rings. The lowest BCUT2D eigenvalue weighted by molar-refractivity contribution is -0.150. The summed E-state index contributed by atoms with van der Waals surface area (Å²) in [6.45, 7) is 5.64. The third-order valence-corrected chi connectivity index (χ3v) is 6.33. The monoisotopic (exact) mass is 426 g/mol. The number of para-hydroxylation sites is 1. The zero-order valence-electron chi connectivity index (χ0n) is 17.2. The minimum atomic E-state index is -0.835. The Morgan fingerprint density at radius 2 is 2.10 bits per heavy atom. The van der Waals surface area contributed by atoms with Crippen LogP contribution in [0.3, 0.4) is 0 Å².